The van der Waals surface area contributed by atoms with Crippen LogP contribution in [0.1, 0.15) is 30.2 Å². The van der Waals surface area contributed by atoms with Crippen LogP contribution in [-0.4, -0.2) is 50.4 Å². The van der Waals surface area contributed by atoms with Gasteiger partial charge in [0.25, 0.3) is 0 Å². The van der Waals surface area contributed by atoms with Crippen LogP contribution in [0.3, 0.4) is 0 Å². The molecule has 2 rings (SSSR count). The molecule has 1 N–H and O–H groups in total. The molecule has 1 aromatic carbocycles. The summed E-state index contributed by atoms with van der Waals surface area (Å²) in [6.45, 7) is 3.90. The predicted octanol–water partition coefficient (Wildman–Crippen LogP) is 2.05. The molecule has 2 aromatic rings. The third-order valence-corrected chi connectivity index (χ3v) is 5.25. The Bertz CT molecular complexity index is 689. The van der Waals surface area contributed by atoms with Crippen LogP contribution in [0.15, 0.2) is 35.7 Å². The van der Waals surface area contributed by atoms with Crippen molar-refractivity contribution >= 4 is 17.7 Å². The molecule has 1 heterocycles. The number of hydrogen-bond donors (Lipinski definition) is 1. The number of rotatable bonds is 7. The molecule has 2 atom stereocenters. The van der Waals surface area contributed by atoms with E-state index in [1.807, 2.05) is 30.7 Å². The first-order valence-electron chi connectivity index (χ1n) is 7.88. The normalized spacial score (nSPS) is 13.5. The summed E-state index contributed by atoms with van der Waals surface area (Å²) < 4.78 is 1.89. The van der Waals surface area contributed by atoms with Crippen molar-refractivity contribution in [2.45, 2.75) is 36.7 Å². The topological polar surface area (TPSA) is 71.2 Å². The van der Waals surface area contributed by atoms with Gasteiger partial charge in [-0.25, -0.2) is 0 Å². The maximum Gasteiger partial charge on any atom is 0.227 e. The Morgan fingerprint density at radius 1 is 1.42 bits per heavy atom. The Labute approximate surface area is 146 Å². The molecule has 1 unspecified atom stereocenters. The van der Waals surface area contributed by atoms with Crippen LogP contribution in [0, 0.1) is 0 Å². The number of thioether (sulfide) groups is 1. The van der Waals surface area contributed by atoms with Crippen LogP contribution in [-0.2, 0) is 18.3 Å². The van der Waals surface area contributed by atoms with Crippen LogP contribution in [0.25, 0.3) is 0 Å². The number of likely N-dealkylation sites (N-methyl/N-ethyl adjacent to an activating group) is 1. The Hall–Kier alpha value is -1.86. The van der Waals surface area contributed by atoms with Crippen molar-refractivity contribution in [3.05, 3.63) is 41.7 Å². The monoisotopic (exact) mass is 348 g/mol. The smallest absolute Gasteiger partial charge is 0.227 e. The van der Waals surface area contributed by atoms with Gasteiger partial charge in [0.05, 0.1) is 19.1 Å². The molecule has 0 fully saturated rings. The molecule has 0 bridgehead atoms. The lowest BCUT2D eigenvalue weighted by molar-refractivity contribution is -0.131. The Morgan fingerprint density at radius 3 is 2.79 bits per heavy atom. The van der Waals surface area contributed by atoms with Crippen molar-refractivity contribution in [2.75, 3.05) is 13.7 Å². The first-order chi connectivity index (χ1) is 11.4. The van der Waals surface area contributed by atoms with E-state index in [4.69, 9.17) is 0 Å². The quantitative estimate of drug-likeness (QED) is 0.776. The van der Waals surface area contributed by atoms with Crippen molar-refractivity contribution < 1.29 is 9.90 Å². The fourth-order valence-corrected chi connectivity index (χ4v) is 3.14. The Balaban J connectivity index is 2.05. The van der Waals surface area contributed by atoms with Gasteiger partial charge in [-0.05, 0) is 25.0 Å². The highest BCUT2D eigenvalue weighted by Gasteiger charge is 2.16. The number of amides is 1. The lowest BCUT2D eigenvalue weighted by Gasteiger charge is -2.23. The van der Waals surface area contributed by atoms with Crippen LogP contribution in [0.4, 0.5) is 0 Å². The SMILES string of the molecule is CC(CO)N(C)C(=O)Cc1cccc([C@H](C)Sc2nncn2C)c1. The number of aryl methyl sites for hydroxylation is 1. The number of aromatic nitrogens is 3. The third-order valence-electron chi connectivity index (χ3n) is 4.05. The van der Waals surface area contributed by atoms with E-state index in [1.54, 1.807) is 30.0 Å². The van der Waals surface area contributed by atoms with Gasteiger partial charge < -0.3 is 14.6 Å². The molecule has 130 valence electrons. The molecule has 6 nitrogen and oxygen atoms in total. The molecule has 1 amide bonds. The summed E-state index contributed by atoms with van der Waals surface area (Å²) in [5.74, 6) is 0.00214. The number of nitrogens with zero attached hydrogens (tertiary/aromatic N) is 4. The van der Waals surface area contributed by atoms with E-state index in [2.05, 4.69) is 29.3 Å². The van der Waals surface area contributed by atoms with E-state index in [9.17, 15) is 9.90 Å². The van der Waals surface area contributed by atoms with Crippen molar-refractivity contribution in [3.63, 3.8) is 0 Å². The number of hydrogen-bond acceptors (Lipinski definition) is 5. The fourth-order valence-electron chi connectivity index (χ4n) is 2.23. The number of aliphatic hydroxyl groups excluding tert-OH is 1. The molecule has 0 aliphatic carbocycles. The second-order valence-corrected chi connectivity index (χ2v) is 7.25. The summed E-state index contributed by atoms with van der Waals surface area (Å²) in [4.78, 5) is 13.9. The number of carbonyl (C=O) groups excluding carboxylic acids is 1. The molecule has 0 radical (unpaired) electrons. The summed E-state index contributed by atoms with van der Waals surface area (Å²) in [6.07, 6.45) is 2.01. The van der Waals surface area contributed by atoms with Gasteiger partial charge in [-0.2, -0.15) is 0 Å². The van der Waals surface area contributed by atoms with Gasteiger partial charge in [-0.15, -0.1) is 10.2 Å². The lowest BCUT2D eigenvalue weighted by atomic mass is 10.1. The number of benzene rings is 1. The minimum Gasteiger partial charge on any atom is -0.394 e. The zero-order valence-corrected chi connectivity index (χ0v) is 15.3. The average molecular weight is 348 g/mol. The highest BCUT2D eigenvalue weighted by atomic mass is 32.2. The highest BCUT2D eigenvalue weighted by molar-refractivity contribution is 7.99. The van der Waals surface area contributed by atoms with Gasteiger partial charge in [0.1, 0.15) is 6.33 Å². The summed E-state index contributed by atoms with van der Waals surface area (Å²) in [5, 5.41) is 18.2. The van der Waals surface area contributed by atoms with Crippen LogP contribution in [0.5, 0.6) is 0 Å². The molecule has 0 saturated carbocycles. The van der Waals surface area contributed by atoms with E-state index in [0.29, 0.717) is 6.42 Å². The molecule has 24 heavy (non-hydrogen) atoms. The van der Waals surface area contributed by atoms with E-state index < -0.39 is 0 Å². The molecule has 0 spiro atoms. The third kappa shape index (κ3) is 4.58. The zero-order chi connectivity index (χ0) is 17.7. The van der Waals surface area contributed by atoms with Crippen molar-refractivity contribution in [1.82, 2.24) is 19.7 Å². The van der Waals surface area contributed by atoms with Crippen molar-refractivity contribution in [2.24, 2.45) is 7.05 Å². The van der Waals surface area contributed by atoms with Crippen LogP contribution >= 0.6 is 11.8 Å². The largest absolute Gasteiger partial charge is 0.394 e. The summed E-state index contributed by atoms with van der Waals surface area (Å²) in [5.41, 5.74) is 2.12. The van der Waals surface area contributed by atoms with E-state index >= 15 is 0 Å². The van der Waals surface area contributed by atoms with Crippen LogP contribution in [0.2, 0.25) is 0 Å². The van der Waals surface area contributed by atoms with Gasteiger partial charge in [0.15, 0.2) is 5.16 Å². The predicted molar refractivity (Wildman–Crippen MR) is 94.7 cm³/mol. The minimum absolute atomic E-state index is 0.00214. The first kappa shape index (κ1) is 18.5. The first-order valence-corrected chi connectivity index (χ1v) is 8.76. The van der Waals surface area contributed by atoms with Gasteiger partial charge in [-0.1, -0.05) is 36.0 Å². The highest BCUT2D eigenvalue weighted by Crippen LogP contribution is 2.33. The van der Waals surface area contributed by atoms with E-state index in [-0.39, 0.29) is 23.8 Å². The number of aliphatic hydroxyl groups is 1. The molecule has 0 aliphatic rings. The molecule has 0 saturated heterocycles. The second-order valence-electron chi connectivity index (χ2n) is 5.94. The standard InChI is InChI=1S/C17H24N4O2S/c1-12(10-22)21(4)16(23)9-14-6-5-7-15(8-14)13(2)24-17-19-18-11-20(17)3/h5-8,11-13,22H,9-10H2,1-4H3/t12?,13-/m0/s1. The summed E-state index contributed by atoms with van der Waals surface area (Å²) in [6, 6.07) is 7.87. The minimum atomic E-state index is -0.175. The van der Waals surface area contributed by atoms with E-state index in [1.165, 1.54) is 0 Å². The second kappa shape index (κ2) is 8.30. The number of carbonyl (C=O) groups is 1. The van der Waals surface area contributed by atoms with Gasteiger partial charge in [0, 0.05) is 19.3 Å². The molecule has 7 heteroatoms. The maximum absolute atomic E-state index is 12.3. The molecular formula is C17H24N4O2S. The van der Waals surface area contributed by atoms with Gasteiger partial charge in [-0.3, -0.25) is 4.79 Å². The van der Waals surface area contributed by atoms with Crippen molar-refractivity contribution in [1.29, 1.82) is 0 Å². The van der Waals surface area contributed by atoms with Gasteiger partial charge in [0.2, 0.25) is 5.91 Å². The summed E-state index contributed by atoms with van der Waals surface area (Å²) in [7, 11) is 3.64. The Morgan fingerprint density at radius 2 is 2.17 bits per heavy atom. The van der Waals surface area contributed by atoms with Crippen molar-refractivity contribution in [3.8, 4) is 0 Å². The average Bonchev–Trinajstić information content (AvgIpc) is 2.98. The van der Waals surface area contributed by atoms with Gasteiger partial charge >= 0.3 is 0 Å². The molecule has 0 aliphatic heterocycles. The fraction of sp³-hybridized carbons (Fsp3) is 0.471. The van der Waals surface area contributed by atoms with E-state index in [0.717, 1.165) is 16.3 Å². The Kier molecular flexibility index (Phi) is 6.39. The lowest BCUT2D eigenvalue weighted by Crippen LogP contribution is -2.38. The maximum atomic E-state index is 12.3. The zero-order valence-electron chi connectivity index (χ0n) is 14.5. The summed E-state index contributed by atoms with van der Waals surface area (Å²) >= 11 is 1.63. The molecular weight excluding hydrogens is 324 g/mol. The molecule has 1 aromatic heterocycles. The van der Waals surface area contributed by atoms with Crippen LogP contribution < -0.4 is 0 Å².